The predicted octanol–water partition coefficient (Wildman–Crippen LogP) is -0.372. The second-order valence-corrected chi connectivity index (χ2v) is 4.39. The van der Waals surface area contributed by atoms with Gasteiger partial charge in [0.2, 0.25) is 0 Å². The maximum atomic E-state index is 10.9. The molecule has 0 aliphatic carbocycles. The van der Waals surface area contributed by atoms with E-state index in [1.54, 1.807) is 12.1 Å². The zero-order chi connectivity index (χ0) is 13.0. The van der Waals surface area contributed by atoms with Gasteiger partial charge in [-0.25, -0.2) is 0 Å². The van der Waals surface area contributed by atoms with Gasteiger partial charge in [-0.1, -0.05) is 0 Å². The molecule has 18 heavy (non-hydrogen) atoms. The first-order valence-corrected chi connectivity index (χ1v) is 6.01. The molecule has 2 rings (SSSR count). The topological polar surface area (TPSA) is 60.2 Å². The van der Waals surface area contributed by atoms with Crippen molar-refractivity contribution in [1.29, 1.82) is 0 Å². The fourth-order valence-electron chi connectivity index (χ4n) is 2.16. The summed E-state index contributed by atoms with van der Waals surface area (Å²) in [6.45, 7) is 4.26. The molecule has 0 atom stereocenters. The van der Waals surface area contributed by atoms with Crippen LogP contribution in [0.2, 0.25) is 0 Å². The van der Waals surface area contributed by atoms with Crippen LogP contribution in [0.25, 0.3) is 0 Å². The number of carbonyl (C=O) groups excluding carboxylic acids is 1. The van der Waals surface area contributed by atoms with Gasteiger partial charge in [0.25, 0.3) is 0 Å². The van der Waals surface area contributed by atoms with Crippen molar-refractivity contribution >= 4 is 6.29 Å². The van der Waals surface area contributed by atoms with Gasteiger partial charge in [-0.05, 0) is 12.1 Å². The smallest absolute Gasteiger partial charge is 0.168 e. The number of rotatable bonds is 4. The molecule has 1 aromatic carbocycles. The van der Waals surface area contributed by atoms with Gasteiger partial charge in [0, 0.05) is 5.56 Å². The molecule has 5 nitrogen and oxygen atoms in total. The van der Waals surface area contributed by atoms with Gasteiger partial charge in [-0.15, -0.1) is 0 Å². The Bertz CT molecular complexity index is 427. The van der Waals surface area contributed by atoms with Crippen molar-refractivity contribution in [3.8, 4) is 11.5 Å². The van der Waals surface area contributed by atoms with Crippen molar-refractivity contribution in [2.75, 3.05) is 33.4 Å². The van der Waals surface area contributed by atoms with Crippen LogP contribution in [0.4, 0.5) is 0 Å². The predicted molar refractivity (Wildman–Crippen MR) is 65.3 cm³/mol. The van der Waals surface area contributed by atoms with Gasteiger partial charge in [-0.3, -0.25) is 4.79 Å². The average molecular weight is 252 g/mol. The highest BCUT2D eigenvalue weighted by molar-refractivity contribution is 5.81. The molecule has 1 heterocycles. The second kappa shape index (κ2) is 5.84. The Balaban J connectivity index is 2.19. The Morgan fingerprint density at radius 3 is 2.78 bits per heavy atom. The third-order valence-electron chi connectivity index (χ3n) is 3.17. The Morgan fingerprint density at radius 2 is 2.17 bits per heavy atom. The summed E-state index contributed by atoms with van der Waals surface area (Å²) in [6.07, 6.45) is 0.649. The minimum Gasteiger partial charge on any atom is -0.504 e. The lowest BCUT2D eigenvalue weighted by Gasteiger charge is -2.24. The summed E-state index contributed by atoms with van der Waals surface area (Å²) in [5, 5.41) is 9.74. The fourth-order valence-corrected chi connectivity index (χ4v) is 2.16. The van der Waals surface area contributed by atoms with Crippen LogP contribution in [0.3, 0.4) is 0 Å². The largest absolute Gasteiger partial charge is 0.504 e. The summed E-state index contributed by atoms with van der Waals surface area (Å²) in [4.78, 5) is 12.3. The Hall–Kier alpha value is -1.59. The number of aromatic hydroxyl groups is 1. The quantitative estimate of drug-likeness (QED) is 0.718. The SMILES string of the molecule is COc1cc(C[NH+]2CCOCC2)cc(C=O)c1O. The highest BCUT2D eigenvalue weighted by Crippen LogP contribution is 2.30. The summed E-state index contributed by atoms with van der Waals surface area (Å²) >= 11 is 0. The first-order valence-electron chi connectivity index (χ1n) is 6.01. The number of phenolic OH excluding ortho intramolecular Hbond substituents is 1. The zero-order valence-corrected chi connectivity index (χ0v) is 10.4. The Kier molecular flexibility index (Phi) is 4.17. The normalized spacial score (nSPS) is 16.5. The van der Waals surface area contributed by atoms with Crippen molar-refractivity contribution in [3.05, 3.63) is 23.3 Å². The minimum absolute atomic E-state index is 0.0896. The zero-order valence-electron chi connectivity index (χ0n) is 10.4. The summed E-state index contributed by atoms with van der Waals surface area (Å²) in [5.74, 6) is 0.260. The van der Waals surface area contributed by atoms with Crippen LogP contribution >= 0.6 is 0 Å². The van der Waals surface area contributed by atoms with Crippen LogP contribution < -0.4 is 9.64 Å². The standard InChI is InChI=1S/C13H17NO4/c1-17-12-7-10(6-11(9-15)13(12)16)8-14-2-4-18-5-3-14/h6-7,9,16H,2-5,8H2,1H3/p+1. The lowest BCUT2D eigenvalue weighted by atomic mass is 10.1. The summed E-state index contributed by atoms with van der Waals surface area (Å²) in [7, 11) is 1.48. The van der Waals surface area contributed by atoms with E-state index >= 15 is 0 Å². The van der Waals surface area contributed by atoms with Crippen molar-refractivity contribution in [2.45, 2.75) is 6.54 Å². The third-order valence-corrected chi connectivity index (χ3v) is 3.17. The lowest BCUT2D eigenvalue weighted by Crippen LogP contribution is -3.12. The van der Waals surface area contributed by atoms with Crippen LogP contribution in [0.5, 0.6) is 11.5 Å². The minimum atomic E-state index is -0.0896. The van der Waals surface area contributed by atoms with Crippen LogP contribution in [-0.2, 0) is 11.3 Å². The number of aldehydes is 1. The molecule has 0 saturated carbocycles. The van der Waals surface area contributed by atoms with Crippen molar-refractivity contribution < 1.29 is 24.3 Å². The van der Waals surface area contributed by atoms with E-state index < -0.39 is 0 Å². The highest BCUT2D eigenvalue weighted by Gasteiger charge is 2.17. The number of morpholine rings is 1. The molecule has 2 N–H and O–H groups in total. The van der Waals surface area contributed by atoms with Crippen LogP contribution in [0.1, 0.15) is 15.9 Å². The van der Waals surface area contributed by atoms with Crippen molar-refractivity contribution in [2.24, 2.45) is 0 Å². The molecule has 0 aromatic heterocycles. The van der Waals surface area contributed by atoms with E-state index in [1.807, 2.05) is 0 Å². The first kappa shape index (κ1) is 12.9. The van der Waals surface area contributed by atoms with E-state index in [4.69, 9.17) is 9.47 Å². The molecule has 5 heteroatoms. The number of ether oxygens (including phenoxy) is 2. The van der Waals surface area contributed by atoms with Gasteiger partial charge in [0.05, 0.1) is 25.9 Å². The summed E-state index contributed by atoms with van der Waals surface area (Å²) in [6, 6.07) is 3.50. The molecular formula is C13H18NO4+. The molecular weight excluding hydrogens is 234 g/mol. The van der Waals surface area contributed by atoms with E-state index in [0.717, 1.165) is 38.4 Å². The maximum Gasteiger partial charge on any atom is 0.168 e. The molecule has 1 aliphatic rings. The fraction of sp³-hybridized carbons (Fsp3) is 0.462. The number of benzene rings is 1. The van der Waals surface area contributed by atoms with E-state index in [2.05, 4.69) is 0 Å². The van der Waals surface area contributed by atoms with Crippen LogP contribution in [-0.4, -0.2) is 44.8 Å². The molecule has 1 fully saturated rings. The van der Waals surface area contributed by atoms with Gasteiger partial charge < -0.3 is 19.5 Å². The maximum absolute atomic E-state index is 10.9. The van der Waals surface area contributed by atoms with E-state index in [0.29, 0.717) is 12.0 Å². The molecule has 0 unspecified atom stereocenters. The van der Waals surface area contributed by atoms with E-state index in [1.165, 1.54) is 12.0 Å². The van der Waals surface area contributed by atoms with Crippen molar-refractivity contribution in [3.63, 3.8) is 0 Å². The number of methoxy groups -OCH3 is 1. The molecule has 1 aromatic rings. The number of hydrogen-bond acceptors (Lipinski definition) is 4. The van der Waals surface area contributed by atoms with Crippen LogP contribution in [0, 0.1) is 0 Å². The third kappa shape index (κ3) is 2.80. The van der Waals surface area contributed by atoms with E-state index in [-0.39, 0.29) is 11.3 Å². The van der Waals surface area contributed by atoms with E-state index in [9.17, 15) is 9.90 Å². The van der Waals surface area contributed by atoms with Gasteiger partial charge in [0.1, 0.15) is 19.6 Å². The van der Waals surface area contributed by atoms with Gasteiger partial charge in [-0.2, -0.15) is 0 Å². The molecule has 0 radical (unpaired) electrons. The van der Waals surface area contributed by atoms with Crippen molar-refractivity contribution in [1.82, 2.24) is 0 Å². The number of quaternary nitrogens is 1. The highest BCUT2D eigenvalue weighted by atomic mass is 16.5. The Morgan fingerprint density at radius 1 is 1.44 bits per heavy atom. The molecule has 0 amide bonds. The molecule has 0 spiro atoms. The second-order valence-electron chi connectivity index (χ2n) is 4.39. The number of phenols is 1. The number of hydrogen-bond donors (Lipinski definition) is 2. The molecule has 1 aliphatic heterocycles. The monoisotopic (exact) mass is 252 g/mol. The number of nitrogens with one attached hydrogen (secondary N) is 1. The van der Waals surface area contributed by atoms with Gasteiger partial charge in [0.15, 0.2) is 17.8 Å². The average Bonchev–Trinajstić information content (AvgIpc) is 2.41. The number of carbonyl (C=O) groups is 1. The summed E-state index contributed by atoms with van der Waals surface area (Å²) in [5.41, 5.74) is 1.26. The summed E-state index contributed by atoms with van der Waals surface area (Å²) < 4.78 is 10.4. The molecule has 1 saturated heterocycles. The van der Waals surface area contributed by atoms with Gasteiger partial charge >= 0.3 is 0 Å². The molecule has 98 valence electrons. The first-order chi connectivity index (χ1) is 8.74. The Labute approximate surface area is 106 Å². The molecule has 0 bridgehead atoms. The van der Waals surface area contributed by atoms with Crippen LogP contribution in [0.15, 0.2) is 12.1 Å². The lowest BCUT2D eigenvalue weighted by molar-refractivity contribution is -0.921.